The van der Waals surface area contributed by atoms with Crippen molar-refractivity contribution in [3.8, 4) is 12.1 Å². The predicted octanol–water partition coefficient (Wildman–Crippen LogP) is 1.52. The summed E-state index contributed by atoms with van der Waals surface area (Å²) in [6, 6.07) is 8.47. The van der Waals surface area contributed by atoms with Gasteiger partial charge in [-0.1, -0.05) is 6.07 Å². The van der Waals surface area contributed by atoms with Crippen molar-refractivity contribution in [1.82, 2.24) is 0 Å². The lowest BCUT2D eigenvalue weighted by Crippen LogP contribution is -1.99. The molecule has 4 nitrogen and oxygen atoms in total. The molecule has 15 heavy (non-hydrogen) atoms. The van der Waals surface area contributed by atoms with Crippen molar-refractivity contribution in [2.45, 2.75) is 12.8 Å². The standard InChI is InChI=1S/C11H8N2O2/c12-3-1-8-5-9(2-4-13)7-10(6-8)11(14)15/h5-7H,1-2H2,(H,14,15). The SMILES string of the molecule is N#CCc1cc(CC#N)cc(C(=O)O)c1. The molecular weight excluding hydrogens is 192 g/mol. The van der Waals surface area contributed by atoms with Gasteiger partial charge in [-0.2, -0.15) is 10.5 Å². The van der Waals surface area contributed by atoms with Gasteiger partial charge in [0.15, 0.2) is 0 Å². The van der Waals surface area contributed by atoms with Crippen molar-refractivity contribution >= 4 is 5.97 Å². The zero-order chi connectivity index (χ0) is 11.3. The molecule has 1 aromatic carbocycles. The minimum absolute atomic E-state index is 0.119. The van der Waals surface area contributed by atoms with Gasteiger partial charge in [0.05, 0.1) is 30.5 Å². The second kappa shape index (κ2) is 4.78. The molecule has 0 saturated heterocycles. The van der Waals surface area contributed by atoms with E-state index < -0.39 is 5.97 Å². The molecule has 0 aliphatic heterocycles. The first-order chi connectivity index (χ1) is 7.17. The minimum atomic E-state index is -1.05. The van der Waals surface area contributed by atoms with Gasteiger partial charge < -0.3 is 5.11 Å². The van der Waals surface area contributed by atoms with Crippen LogP contribution in [0.25, 0.3) is 0 Å². The molecule has 0 amide bonds. The van der Waals surface area contributed by atoms with Gasteiger partial charge in [-0.05, 0) is 23.3 Å². The normalized spacial score (nSPS) is 8.93. The first-order valence-corrected chi connectivity index (χ1v) is 4.27. The molecule has 0 heterocycles. The highest BCUT2D eigenvalue weighted by Crippen LogP contribution is 2.11. The molecular formula is C11H8N2O2. The molecule has 1 rings (SSSR count). The van der Waals surface area contributed by atoms with E-state index in [-0.39, 0.29) is 18.4 Å². The molecule has 0 spiro atoms. The quantitative estimate of drug-likeness (QED) is 0.801. The van der Waals surface area contributed by atoms with Crippen molar-refractivity contribution in [3.63, 3.8) is 0 Å². The Bertz CT molecular complexity index is 432. The van der Waals surface area contributed by atoms with E-state index in [1.54, 1.807) is 6.07 Å². The largest absolute Gasteiger partial charge is 0.478 e. The molecule has 1 N–H and O–H groups in total. The van der Waals surface area contributed by atoms with Crippen LogP contribution in [0, 0.1) is 22.7 Å². The van der Waals surface area contributed by atoms with Crippen LogP contribution in [0.3, 0.4) is 0 Å². The Kier molecular flexibility index (Phi) is 3.43. The first kappa shape index (κ1) is 10.7. The van der Waals surface area contributed by atoms with Gasteiger partial charge in [0, 0.05) is 0 Å². The van der Waals surface area contributed by atoms with Gasteiger partial charge in [-0.15, -0.1) is 0 Å². The highest BCUT2D eigenvalue weighted by atomic mass is 16.4. The molecule has 0 saturated carbocycles. The Morgan fingerprint density at radius 3 is 1.93 bits per heavy atom. The topological polar surface area (TPSA) is 84.9 Å². The van der Waals surface area contributed by atoms with Gasteiger partial charge in [-0.25, -0.2) is 4.79 Å². The Hall–Kier alpha value is -2.33. The molecule has 0 aromatic heterocycles. The fourth-order valence-corrected chi connectivity index (χ4v) is 1.27. The van der Waals surface area contributed by atoms with Crippen molar-refractivity contribution in [3.05, 3.63) is 34.9 Å². The van der Waals surface area contributed by atoms with Crippen LogP contribution < -0.4 is 0 Å². The van der Waals surface area contributed by atoms with Gasteiger partial charge >= 0.3 is 5.97 Å². The molecule has 0 aliphatic rings. The highest BCUT2D eigenvalue weighted by molar-refractivity contribution is 5.88. The zero-order valence-corrected chi connectivity index (χ0v) is 7.90. The number of nitriles is 2. The summed E-state index contributed by atoms with van der Waals surface area (Å²) in [5, 5.41) is 25.8. The maximum absolute atomic E-state index is 10.7. The van der Waals surface area contributed by atoms with Crippen LogP contribution in [0.4, 0.5) is 0 Å². The third kappa shape index (κ3) is 2.82. The zero-order valence-electron chi connectivity index (χ0n) is 7.90. The molecule has 0 aliphatic carbocycles. The number of hydrogen-bond donors (Lipinski definition) is 1. The third-order valence-corrected chi connectivity index (χ3v) is 1.87. The van der Waals surface area contributed by atoms with Gasteiger partial charge in [0.1, 0.15) is 0 Å². The van der Waals surface area contributed by atoms with E-state index in [4.69, 9.17) is 15.6 Å². The lowest BCUT2D eigenvalue weighted by Gasteiger charge is -2.02. The maximum Gasteiger partial charge on any atom is 0.335 e. The second-order valence-corrected chi connectivity index (χ2v) is 3.01. The van der Waals surface area contributed by atoms with Crippen LogP contribution in [0.2, 0.25) is 0 Å². The average molecular weight is 200 g/mol. The smallest absolute Gasteiger partial charge is 0.335 e. The van der Waals surface area contributed by atoms with Crippen molar-refractivity contribution in [1.29, 1.82) is 10.5 Å². The van der Waals surface area contributed by atoms with Crippen LogP contribution in [0.5, 0.6) is 0 Å². The highest BCUT2D eigenvalue weighted by Gasteiger charge is 2.06. The van der Waals surface area contributed by atoms with E-state index in [0.717, 1.165) is 0 Å². The monoisotopic (exact) mass is 200 g/mol. The number of carboxylic acid groups (broad SMARTS) is 1. The third-order valence-electron chi connectivity index (χ3n) is 1.87. The van der Waals surface area contributed by atoms with Crippen LogP contribution in [-0.2, 0) is 12.8 Å². The Balaban J connectivity index is 3.16. The van der Waals surface area contributed by atoms with Crippen molar-refractivity contribution in [2.75, 3.05) is 0 Å². The number of aromatic carboxylic acids is 1. The fourth-order valence-electron chi connectivity index (χ4n) is 1.27. The average Bonchev–Trinajstić information content (AvgIpc) is 2.18. The lowest BCUT2D eigenvalue weighted by atomic mass is 10.0. The Morgan fingerprint density at radius 1 is 1.13 bits per heavy atom. The molecule has 0 bridgehead atoms. The molecule has 0 unspecified atom stereocenters. The molecule has 0 atom stereocenters. The summed E-state index contributed by atoms with van der Waals surface area (Å²) >= 11 is 0. The van der Waals surface area contributed by atoms with Crippen molar-refractivity contribution < 1.29 is 9.90 Å². The number of carboxylic acids is 1. The Labute approximate surface area is 87.0 Å². The van der Waals surface area contributed by atoms with E-state index in [1.165, 1.54) is 12.1 Å². The summed E-state index contributed by atoms with van der Waals surface area (Å²) in [5.41, 5.74) is 1.37. The summed E-state index contributed by atoms with van der Waals surface area (Å²) in [6.07, 6.45) is 0.305. The van der Waals surface area contributed by atoms with Gasteiger partial charge in [0.2, 0.25) is 0 Å². The molecule has 74 valence electrons. The van der Waals surface area contributed by atoms with Crippen LogP contribution in [0.1, 0.15) is 21.5 Å². The van der Waals surface area contributed by atoms with E-state index >= 15 is 0 Å². The number of benzene rings is 1. The van der Waals surface area contributed by atoms with Crippen LogP contribution in [-0.4, -0.2) is 11.1 Å². The second-order valence-electron chi connectivity index (χ2n) is 3.01. The lowest BCUT2D eigenvalue weighted by molar-refractivity contribution is 0.0696. The first-order valence-electron chi connectivity index (χ1n) is 4.27. The molecule has 0 fully saturated rings. The summed E-state index contributed by atoms with van der Waals surface area (Å²) in [7, 11) is 0. The van der Waals surface area contributed by atoms with E-state index in [1.807, 2.05) is 12.1 Å². The number of nitrogens with zero attached hydrogens (tertiary/aromatic N) is 2. The van der Waals surface area contributed by atoms with Crippen LogP contribution >= 0.6 is 0 Å². The summed E-state index contributed by atoms with van der Waals surface area (Å²) in [4.78, 5) is 10.7. The summed E-state index contributed by atoms with van der Waals surface area (Å²) in [6.45, 7) is 0. The van der Waals surface area contributed by atoms with Crippen LogP contribution in [0.15, 0.2) is 18.2 Å². The van der Waals surface area contributed by atoms with Crippen molar-refractivity contribution in [2.24, 2.45) is 0 Å². The predicted molar refractivity (Wildman–Crippen MR) is 52.0 cm³/mol. The van der Waals surface area contributed by atoms with Gasteiger partial charge in [0.25, 0.3) is 0 Å². The van der Waals surface area contributed by atoms with E-state index in [9.17, 15) is 4.79 Å². The number of carbonyl (C=O) groups is 1. The summed E-state index contributed by atoms with van der Waals surface area (Å²) < 4.78 is 0. The van der Waals surface area contributed by atoms with E-state index in [0.29, 0.717) is 11.1 Å². The number of rotatable bonds is 3. The maximum atomic E-state index is 10.7. The minimum Gasteiger partial charge on any atom is -0.478 e. The summed E-state index contributed by atoms with van der Waals surface area (Å²) in [5.74, 6) is -1.05. The molecule has 0 radical (unpaired) electrons. The molecule has 1 aromatic rings. The molecule has 4 heteroatoms. The fraction of sp³-hybridized carbons (Fsp3) is 0.182. The van der Waals surface area contributed by atoms with Gasteiger partial charge in [-0.3, -0.25) is 0 Å². The van der Waals surface area contributed by atoms with E-state index in [2.05, 4.69) is 0 Å². The Morgan fingerprint density at radius 2 is 1.60 bits per heavy atom. The number of hydrogen-bond acceptors (Lipinski definition) is 3.